The number of nitrogens with zero attached hydrogens (tertiary/aromatic N) is 1. The van der Waals surface area contributed by atoms with Gasteiger partial charge in [0.2, 0.25) is 0 Å². The maximum Gasteiger partial charge on any atom is 0.255 e. The lowest BCUT2D eigenvalue weighted by Crippen LogP contribution is -2.34. The molecule has 1 saturated heterocycles. The second kappa shape index (κ2) is 7.85. The average molecular weight is 285 g/mol. The minimum atomic E-state index is -0.189. The molecule has 0 radical (unpaired) electrons. The normalized spacial score (nSPS) is 15.6. The Morgan fingerprint density at radius 3 is 2.52 bits per heavy atom. The Morgan fingerprint density at radius 1 is 1.19 bits per heavy atom. The summed E-state index contributed by atoms with van der Waals surface area (Å²) in [5.41, 5.74) is 2.44. The zero-order valence-electron chi connectivity index (χ0n) is 12.7. The van der Waals surface area contributed by atoms with Crippen LogP contribution in [0, 0.1) is 18.8 Å². The molecule has 3 nitrogen and oxygen atoms in total. The Labute approximate surface area is 127 Å². The van der Waals surface area contributed by atoms with E-state index in [1.54, 1.807) is 0 Å². The van der Waals surface area contributed by atoms with Gasteiger partial charge in [0.15, 0.2) is 0 Å². The number of aliphatic hydroxyl groups excluding tert-OH is 1. The maximum absolute atomic E-state index is 12.8. The zero-order valence-corrected chi connectivity index (χ0v) is 12.7. The first-order valence-electron chi connectivity index (χ1n) is 7.72. The molecule has 1 amide bonds. The van der Waals surface area contributed by atoms with Gasteiger partial charge in [0.25, 0.3) is 5.91 Å². The molecule has 0 unspecified atom stereocenters. The monoisotopic (exact) mass is 285 g/mol. The van der Waals surface area contributed by atoms with Crippen molar-refractivity contribution in [2.75, 3.05) is 19.7 Å². The van der Waals surface area contributed by atoms with Crippen LogP contribution < -0.4 is 0 Å². The van der Waals surface area contributed by atoms with E-state index in [2.05, 4.69) is 11.8 Å². The highest BCUT2D eigenvalue weighted by atomic mass is 16.2. The molecule has 1 aromatic carbocycles. The first-order chi connectivity index (χ1) is 10.2. The number of likely N-dealkylation sites (tertiary alicyclic amines) is 1. The summed E-state index contributed by atoms with van der Waals surface area (Å²) >= 11 is 0. The number of hydrogen-bond donors (Lipinski definition) is 1. The predicted molar refractivity (Wildman–Crippen MR) is 84.1 cm³/mol. The van der Waals surface area contributed by atoms with Gasteiger partial charge in [-0.2, -0.15) is 0 Å². The van der Waals surface area contributed by atoms with Crippen molar-refractivity contribution >= 4 is 5.91 Å². The molecule has 0 aromatic heterocycles. The minimum absolute atomic E-state index is 0.0686. The molecular weight excluding hydrogens is 262 g/mol. The third-order valence-corrected chi connectivity index (χ3v) is 3.85. The highest BCUT2D eigenvalue weighted by molar-refractivity contribution is 5.96. The molecule has 1 aliphatic heterocycles. The van der Waals surface area contributed by atoms with Gasteiger partial charge in [0.1, 0.15) is 6.61 Å². The van der Waals surface area contributed by atoms with Crippen molar-refractivity contribution < 1.29 is 9.90 Å². The third-order valence-electron chi connectivity index (χ3n) is 3.85. The Hall–Kier alpha value is -1.79. The fourth-order valence-corrected chi connectivity index (χ4v) is 2.70. The van der Waals surface area contributed by atoms with Crippen molar-refractivity contribution in [3.8, 4) is 11.8 Å². The molecule has 0 atom stereocenters. The van der Waals surface area contributed by atoms with Crippen molar-refractivity contribution in [2.45, 2.75) is 39.0 Å². The van der Waals surface area contributed by atoms with Crippen LogP contribution in [0.4, 0.5) is 0 Å². The molecule has 0 saturated carbocycles. The highest BCUT2D eigenvalue weighted by Gasteiger charge is 2.19. The number of benzene rings is 1. The van der Waals surface area contributed by atoms with Gasteiger partial charge in [0.05, 0.1) is 5.56 Å². The molecule has 1 N–H and O–H groups in total. The lowest BCUT2D eigenvalue weighted by atomic mass is 10.0. The van der Waals surface area contributed by atoms with E-state index in [0.29, 0.717) is 5.56 Å². The third kappa shape index (κ3) is 4.34. The second-order valence-electron chi connectivity index (χ2n) is 5.57. The fraction of sp³-hybridized carbons (Fsp3) is 0.500. The van der Waals surface area contributed by atoms with Gasteiger partial charge in [-0.05, 0) is 37.5 Å². The van der Waals surface area contributed by atoms with Crippen LogP contribution in [0.3, 0.4) is 0 Å². The Morgan fingerprint density at radius 2 is 1.86 bits per heavy atom. The molecule has 0 spiro atoms. The van der Waals surface area contributed by atoms with Crippen LogP contribution in [-0.4, -0.2) is 35.6 Å². The van der Waals surface area contributed by atoms with Crippen LogP contribution in [0.25, 0.3) is 0 Å². The van der Waals surface area contributed by atoms with Crippen LogP contribution in [-0.2, 0) is 0 Å². The molecule has 1 aliphatic rings. The van der Waals surface area contributed by atoms with Crippen molar-refractivity contribution in [3.05, 3.63) is 34.9 Å². The summed E-state index contributed by atoms with van der Waals surface area (Å²) in [6.45, 7) is 3.46. The zero-order chi connectivity index (χ0) is 15.1. The summed E-state index contributed by atoms with van der Waals surface area (Å²) in [6.07, 6.45) is 5.84. The SMILES string of the molecule is Cc1ccc(C(=O)N2CCCCCCC2)c(C#CCO)c1. The molecule has 21 heavy (non-hydrogen) atoms. The van der Waals surface area contributed by atoms with Gasteiger partial charge in [0, 0.05) is 18.7 Å². The summed E-state index contributed by atoms with van der Waals surface area (Å²) in [7, 11) is 0. The first kappa shape index (κ1) is 15.6. The second-order valence-corrected chi connectivity index (χ2v) is 5.57. The smallest absolute Gasteiger partial charge is 0.255 e. The van der Waals surface area contributed by atoms with Crippen molar-refractivity contribution in [1.82, 2.24) is 4.90 Å². The molecule has 0 bridgehead atoms. The number of aryl methyl sites for hydroxylation is 1. The van der Waals surface area contributed by atoms with Crippen LogP contribution in [0.5, 0.6) is 0 Å². The lowest BCUT2D eigenvalue weighted by molar-refractivity contribution is 0.0742. The van der Waals surface area contributed by atoms with E-state index in [4.69, 9.17) is 5.11 Å². The summed E-state index contributed by atoms with van der Waals surface area (Å²) in [5.74, 6) is 5.62. The summed E-state index contributed by atoms with van der Waals surface area (Å²) in [6, 6.07) is 5.72. The van der Waals surface area contributed by atoms with Gasteiger partial charge in [-0.25, -0.2) is 0 Å². The van der Waals surface area contributed by atoms with Gasteiger partial charge in [-0.15, -0.1) is 0 Å². The van der Waals surface area contributed by atoms with Gasteiger partial charge >= 0.3 is 0 Å². The number of hydrogen-bond acceptors (Lipinski definition) is 2. The van der Waals surface area contributed by atoms with Crippen LogP contribution in [0.2, 0.25) is 0 Å². The molecule has 1 aromatic rings. The average Bonchev–Trinajstić information content (AvgIpc) is 2.44. The minimum Gasteiger partial charge on any atom is -0.384 e. The van der Waals surface area contributed by atoms with Gasteiger partial charge < -0.3 is 10.0 Å². The number of amides is 1. The van der Waals surface area contributed by atoms with E-state index in [1.807, 2.05) is 30.0 Å². The summed E-state index contributed by atoms with van der Waals surface area (Å²) in [5, 5.41) is 8.87. The molecule has 3 heteroatoms. The van der Waals surface area contributed by atoms with E-state index in [1.165, 1.54) is 19.3 Å². The number of carbonyl (C=O) groups excluding carboxylic acids is 1. The quantitative estimate of drug-likeness (QED) is 0.806. The first-order valence-corrected chi connectivity index (χ1v) is 7.72. The largest absolute Gasteiger partial charge is 0.384 e. The highest BCUT2D eigenvalue weighted by Crippen LogP contribution is 2.17. The van der Waals surface area contributed by atoms with Crippen LogP contribution in [0.15, 0.2) is 18.2 Å². The van der Waals surface area contributed by atoms with E-state index < -0.39 is 0 Å². The predicted octanol–water partition coefficient (Wildman–Crippen LogP) is 2.75. The van der Waals surface area contributed by atoms with E-state index in [9.17, 15) is 4.79 Å². The van der Waals surface area contributed by atoms with E-state index in [0.717, 1.165) is 37.1 Å². The van der Waals surface area contributed by atoms with Crippen molar-refractivity contribution in [3.63, 3.8) is 0 Å². The maximum atomic E-state index is 12.8. The number of carbonyl (C=O) groups is 1. The summed E-state index contributed by atoms with van der Waals surface area (Å²) in [4.78, 5) is 14.7. The van der Waals surface area contributed by atoms with Crippen molar-refractivity contribution in [1.29, 1.82) is 0 Å². The Bertz CT molecular complexity index is 546. The molecule has 1 fully saturated rings. The summed E-state index contributed by atoms with van der Waals surface area (Å²) < 4.78 is 0. The number of rotatable bonds is 1. The van der Waals surface area contributed by atoms with E-state index >= 15 is 0 Å². The van der Waals surface area contributed by atoms with Crippen molar-refractivity contribution in [2.24, 2.45) is 0 Å². The van der Waals surface area contributed by atoms with Crippen LogP contribution in [0.1, 0.15) is 53.6 Å². The van der Waals surface area contributed by atoms with Crippen LogP contribution >= 0.6 is 0 Å². The van der Waals surface area contributed by atoms with Gasteiger partial charge in [-0.3, -0.25) is 4.79 Å². The molecule has 112 valence electrons. The molecule has 0 aliphatic carbocycles. The standard InChI is InChI=1S/C18H23NO2/c1-15-9-10-17(16(14-15)8-7-13-20)18(21)19-11-5-3-2-4-6-12-19/h9-10,14,20H,2-6,11-13H2,1H3. The Balaban J connectivity index is 2.24. The molecular formula is C18H23NO2. The van der Waals surface area contributed by atoms with E-state index in [-0.39, 0.29) is 12.5 Å². The molecule has 1 heterocycles. The topological polar surface area (TPSA) is 40.5 Å². The lowest BCUT2D eigenvalue weighted by Gasteiger charge is -2.25. The Kier molecular flexibility index (Phi) is 5.83. The number of aliphatic hydroxyl groups is 1. The fourth-order valence-electron chi connectivity index (χ4n) is 2.70. The van der Waals surface area contributed by atoms with Gasteiger partial charge in [-0.1, -0.05) is 37.2 Å². The molecule has 2 rings (SSSR count).